The van der Waals surface area contributed by atoms with Gasteiger partial charge in [-0.25, -0.2) is 0 Å². The minimum absolute atomic E-state index is 0.384. The molecule has 4 heteroatoms. The highest BCUT2D eigenvalue weighted by Gasteiger charge is 2.36. The van der Waals surface area contributed by atoms with E-state index in [1.54, 1.807) is 0 Å². The first kappa shape index (κ1) is 33.8. The molecule has 272 valence electrons. The summed E-state index contributed by atoms with van der Waals surface area (Å²) >= 11 is 3.83. The molecule has 11 rings (SSSR count). The Labute approximate surface area is 340 Å². The molecule has 0 amide bonds. The summed E-state index contributed by atoms with van der Waals surface area (Å²) in [4.78, 5) is 4.92. The molecule has 0 saturated heterocycles. The molecule has 0 unspecified atom stereocenters. The average Bonchev–Trinajstić information content (AvgIpc) is 3.82. The molecule has 10 aromatic rings. The van der Waals surface area contributed by atoms with Gasteiger partial charge in [0.25, 0.3) is 0 Å². The van der Waals surface area contributed by atoms with Crippen molar-refractivity contribution in [3.8, 4) is 0 Å². The molecule has 1 aliphatic rings. The molecule has 8 aromatic carbocycles. The van der Waals surface area contributed by atoms with Crippen LogP contribution in [0.4, 0.5) is 34.1 Å². The van der Waals surface area contributed by atoms with Crippen molar-refractivity contribution in [2.75, 3.05) is 9.80 Å². The summed E-state index contributed by atoms with van der Waals surface area (Å²) in [7, 11) is 0. The minimum Gasteiger partial charge on any atom is -0.310 e. The van der Waals surface area contributed by atoms with Crippen molar-refractivity contribution in [3.05, 3.63) is 204 Å². The van der Waals surface area contributed by atoms with E-state index in [1.165, 1.54) is 74.0 Å². The Morgan fingerprint density at radius 3 is 1.05 bits per heavy atom. The summed E-state index contributed by atoms with van der Waals surface area (Å²) in [6.45, 7) is 4.88. The SMILES string of the molecule is CC1(C)c2cc(N(c3ccccc3)c3ccccc3)c3c(sc4ccccc43)c2C=Cc2c1cc(N(c1ccccc1)c1ccccc1)c1c2sc2ccccc21. The quantitative estimate of drug-likeness (QED) is 0.166. The van der Waals surface area contributed by atoms with Crippen molar-refractivity contribution in [1.29, 1.82) is 0 Å². The van der Waals surface area contributed by atoms with Gasteiger partial charge in [0.2, 0.25) is 0 Å². The zero-order chi connectivity index (χ0) is 38.1. The molecule has 0 atom stereocenters. The van der Waals surface area contributed by atoms with Gasteiger partial charge in [0.15, 0.2) is 0 Å². The molecule has 0 radical (unpaired) electrons. The monoisotopic (exact) mass is 766 g/mol. The molecule has 2 nitrogen and oxygen atoms in total. The van der Waals surface area contributed by atoms with Gasteiger partial charge in [0.05, 0.1) is 11.4 Å². The van der Waals surface area contributed by atoms with Crippen LogP contribution in [-0.4, -0.2) is 0 Å². The van der Waals surface area contributed by atoms with E-state index in [1.807, 2.05) is 22.7 Å². The molecule has 2 aromatic heterocycles. The van der Waals surface area contributed by atoms with Gasteiger partial charge in [-0.2, -0.15) is 0 Å². The molecule has 1 aliphatic carbocycles. The van der Waals surface area contributed by atoms with E-state index in [4.69, 9.17) is 0 Å². The summed E-state index contributed by atoms with van der Waals surface area (Å²) in [5, 5.41) is 5.16. The number of rotatable bonds is 6. The van der Waals surface area contributed by atoms with Crippen LogP contribution in [0.15, 0.2) is 182 Å². The molecule has 0 bridgehead atoms. The second kappa shape index (κ2) is 13.3. The number of fused-ring (bicyclic) bond motifs is 10. The molecular formula is C53H38N2S2. The van der Waals surface area contributed by atoms with Crippen LogP contribution in [0.5, 0.6) is 0 Å². The Morgan fingerprint density at radius 1 is 0.386 bits per heavy atom. The second-order valence-corrected chi connectivity index (χ2v) is 17.4. The lowest BCUT2D eigenvalue weighted by molar-refractivity contribution is 0.642. The van der Waals surface area contributed by atoms with Crippen LogP contribution >= 0.6 is 22.7 Å². The predicted octanol–water partition coefficient (Wildman–Crippen LogP) is 16.2. The highest BCUT2D eigenvalue weighted by Crippen LogP contribution is 2.55. The van der Waals surface area contributed by atoms with Crippen LogP contribution in [0.25, 0.3) is 52.5 Å². The maximum absolute atomic E-state index is 2.51. The average molecular weight is 767 g/mol. The zero-order valence-corrected chi connectivity index (χ0v) is 33.3. The fourth-order valence-corrected chi connectivity index (χ4v) is 11.5. The molecule has 0 saturated carbocycles. The van der Waals surface area contributed by atoms with Crippen molar-refractivity contribution >= 4 is 109 Å². The van der Waals surface area contributed by atoms with Gasteiger partial charge in [0, 0.05) is 68.5 Å². The highest BCUT2D eigenvalue weighted by atomic mass is 32.1. The van der Waals surface area contributed by atoms with Gasteiger partial charge in [-0.05, 0) is 95.1 Å². The summed E-state index contributed by atoms with van der Waals surface area (Å²) in [5.74, 6) is 0. The summed E-state index contributed by atoms with van der Waals surface area (Å²) in [5.41, 5.74) is 11.8. The number of benzene rings is 8. The normalized spacial score (nSPS) is 13.2. The van der Waals surface area contributed by atoms with Crippen molar-refractivity contribution in [1.82, 2.24) is 0 Å². The van der Waals surface area contributed by atoms with Gasteiger partial charge in [0.1, 0.15) is 0 Å². The predicted molar refractivity (Wildman–Crippen MR) is 249 cm³/mol. The standard InChI is InChI=1S/C53H38N2S2/c1-53(2)43-33-45(54(35-19-7-3-8-20-35)36-21-9-4-10-22-36)49-41-27-15-17-29-47(41)56-51(49)39(43)31-32-40-44(53)34-46(50-42-28-16-18-30-48(42)57-52(40)50)55(37-23-11-5-12-24-37)38-25-13-6-14-26-38/h3-34H,1-2H3. The van der Waals surface area contributed by atoms with Crippen LogP contribution in [0.2, 0.25) is 0 Å². The van der Waals surface area contributed by atoms with E-state index in [-0.39, 0.29) is 5.41 Å². The zero-order valence-electron chi connectivity index (χ0n) is 31.7. The number of nitrogens with zero attached hydrogens (tertiary/aromatic N) is 2. The third kappa shape index (κ3) is 5.36. The van der Waals surface area contributed by atoms with E-state index in [0.717, 1.165) is 22.7 Å². The third-order valence-corrected chi connectivity index (χ3v) is 14.0. The van der Waals surface area contributed by atoms with E-state index < -0.39 is 0 Å². The Bertz CT molecular complexity index is 2850. The maximum atomic E-state index is 2.51. The Hall–Kier alpha value is -6.46. The largest absolute Gasteiger partial charge is 0.310 e. The molecule has 0 fully saturated rings. The molecule has 0 aliphatic heterocycles. The molecular weight excluding hydrogens is 729 g/mol. The summed E-state index contributed by atoms with van der Waals surface area (Å²) in [6, 6.07) is 66.2. The first-order valence-electron chi connectivity index (χ1n) is 19.5. The topological polar surface area (TPSA) is 6.48 Å². The van der Waals surface area contributed by atoms with Crippen molar-refractivity contribution < 1.29 is 0 Å². The van der Waals surface area contributed by atoms with Crippen LogP contribution in [0.3, 0.4) is 0 Å². The van der Waals surface area contributed by atoms with Crippen molar-refractivity contribution in [2.45, 2.75) is 19.3 Å². The van der Waals surface area contributed by atoms with Gasteiger partial charge in [-0.1, -0.05) is 135 Å². The van der Waals surface area contributed by atoms with E-state index in [9.17, 15) is 0 Å². The van der Waals surface area contributed by atoms with Crippen LogP contribution in [0, 0.1) is 0 Å². The number of thiophene rings is 2. The molecule has 0 N–H and O–H groups in total. The number of hydrogen-bond donors (Lipinski definition) is 0. The second-order valence-electron chi connectivity index (χ2n) is 15.3. The fraction of sp³-hybridized carbons (Fsp3) is 0.0566. The molecule has 0 spiro atoms. The summed E-state index contributed by atoms with van der Waals surface area (Å²) in [6.07, 6.45) is 4.85. The van der Waals surface area contributed by atoms with Crippen LogP contribution < -0.4 is 9.80 Å². The van der Waals surface area contributed by atoms with E-state index >= 15 is 0 Å². The third-order valence-electron chi connectivity index (χ3n) is 11.6. The number of hydrogen-bond acceptors (Lipinski definition) is 4. The van der Waals surface area contributed by atoms with Gasteiger partial charge >= 0.3 is 0 Å². The van der Waals surface area contributed by atoms with E-state index in [2.05, 4.69) is 218 Å². The summed E-state index contributed by atoms with van der Waals surface area (Å²) < 4.78 is 5.24. The van der Waals surface area contributed by atoms with Gasteiger partial charge in [-0.15, -0.1) is 22.7 Å². The molecule has 2 heterocycles. The minimum atomic E-state index is -0.384. The Balaban J connectivity index is 1.25. The lowest BCUT2D eigenvalue weighted by atomic mass is 9.74. The van der Waals surface area contributed by atoms with Crippen LogP contribution in [0.1, 0.15) is 36.1 Å². The van der Waals surface area contributed by atoms with E-state index in [0.29, 0.717) is 0 Å². The maximum Gasteiger partial charge on any atom is 0.0558 e. The van der Waals surface area contributed by atoms with Crippen molar-refractivity contribution in [3.63, 3.8) is 0 Å². The first-order valence-corrected chi connectivity index (χ1v) is 21.2. The van der Waals surface area contributed by atoms with Gasteiger partial charge < -0.3 is 9.80 Å². The highest BCUT2D eigenvalue weighted by molar-refractivity contribution is 7.26. The fourth-order valence-electron chi connectivity index (χ4n) is 8.99. The number of para-hydroxylation sites is 4. The lowest BCUT2D eigenvalue weighted by Crippen LogP contribution is -2.23. The Morgan fingerprint density at radius 2 is 0.702 bits per heavy atom. The Kier molecular flexibility index (Phi) is 7.92. The first-order chi connectivity index (χ1) is 28.1. The molecule has 57 heavy (non-hydrogen) atoms. The number of anilines is 6. The lowest BCUT2D eigenvalue weighted by Gasteiger charge is -2.34. The van der Waals surface area contributed by atoms with Gasteiger partial charge in [-0.3, -0.25) is 0 Å². The van der Waals surface area contributed by atoms with Crippen molar-refractivity contribution in [2.24, 2.45) is 0 Å². The smallest absolute Gasteiger partial charge is 0.0558 e. The van der Waals surface area contributed by atoms with Crippen LogP contribution in [-0.2, 0) is 5.41 Å².